The van der Waals surface area contributed by atoms with E-state index in [-0.39, 0.29) is 11.6 Å². The molecule has 1 N–H and O–H groups in total. The normalized spacial score (nSPS) is 10.9. The summed E-state index contributed by atoms with van der Waals surface area (Å²) in [5.41, 5.74) is -0.255. The van der Waals surface area contributed by atoms with Crippen molar-refractivity contribution < 1.29 is 14.3 Å². The van der Waals surface area contributed by atoms with E-state index in [2.05, 4.69) is 5.32 Å². The molecule has 0 aliphatic carbocycles. The molecule has 4 nitrogen and oxygen atoms in total. The minimum atomic E-state index is -0.377. The summed E-state index contributed by atoms with van der Waals surface area (Å²) in [5.74, 6) is 0. The van der Waals surface area contributed by atoms with Gasteiger partial charge >= 0.3 is 6.09 Å². The van der Waals surface area contributed by atoms with Gasteiger partial charge in [-0.05, 0) is 40.0 Å². The van der Waals surface area contributed by atoms with Crippen LogP contribution in [0.5, 0.6) is 0 Å². The monoisotopic (exact) mass is 215 g/mol. The fourth-order valence-electron chi connectivity index (χ4n) is 1.01. The van der Waals surface area contributed by atoms with Crippen molar-refractivity contribution in [2.24, 2.45) is 0 Å². The molecule has 0 aromatic carbocycles. The maximum Gasteiger partial charge on any atom is 0.407 e. The third-order valence-corrected chi connectivity index (χ3v) is 1.68. The summed E-state index contributed by atoms with van der Waals surface area (Å²) in [6, 6.07) is 0. The summed E-state index contributed by atoms with van der Waals surface area (Å²) in [7, 11) is 0. The second kappa shape index (κ2) is 7.26. The van der Waals surface area contributed by atoms with Crippen LogP contribution in [0.4, 0.5) is 4.79 Å². The highest BCUT2D eigenvalue weighted by molar-refractivity contribution is 5.67. The standard InChI is InChI=1S/C11H21NO3/c1-11(2,3)12-10(14)15-9-7-5-4-6-8-13/h8H,4-7,9H2,1-3H3,(H,12,14). The molecule has 0 aromatic rings. The molecule has 0 heterocycles. The van der Waals surface area contributed by atoms with E-state index in [0.717, 1.165) is 25.5 Å². The van der Waals surface area contributed by atoms with Gasteiger partial charge < -0.3 is 14.8 Å². The van der Waals surface area contributed by atoms with Crippen molar-refractivity contribution in [3.63, 3.8) is 0 Å². The van der Waals surface area contributed by atoms with Crippen molar-refractivity contribution in [2.45, 2.75) is 52.0 Å². The maximum atomic E-state index is 11.2. The number of carbonyl (C=O) groups is 2. The first-order valence-corrected chi connectivity index (χ1v) is 5.34. The number of aldehydes is 1. The van der Waals surface area contributed by atoms with E-state index < -0.39 is 0 Å². The summed E-state index contributed by atoms with van der Waals surface area (Å²) in [6.45, 7) is 6.12. The fourth-order valence-corrected chi connectivity index (χ4v) is 1.01. The smallest absolute Gasteiger partial charge is 0.407 e. The molecular weight excluding hydrogens is 194 g/mol. The van der Waals surface area contributed by atoms with Gasteiger partial charge in [-0.2, -0.15) is 0 Å². The number of alkyl carbamates (subject to hydrolysis) is 1. The zero-order valence-electron chi connectivity index (χ0n) is 9.84. The highest BCUT2D eigenvalue weighted by Gasteiger charge is 2.13. The summed E-state index contributed by atoms with van der Waals surface area (Å²) >= 11 is 0. The number of unbranched alkanes of at least 4 members (excludes halogenated alkanes) is 3. The van der Waals surface area contributed by atoms with E-state index in [1.54, 1.807) is 0 Å². The molecule has 0 spiro atoms. The summed E-state index contributed by atoms with van der Waals surface area (Å²) in [6.07, 6.45) is 3.72. The van der Waals surface area contributed by atoms with Gasteiger partial charge in [0.1, 0.15) is 6.29 Å². The van der Waals surface area contributed by atoms with Crippen LogP contribution in [0, 0.1) is 0 Å². The van der Waals surface area contributed by atoms with Crippen LogP contribution >= 0.6 is 0 Å². The lowest BCUT2D eigenvalue weighted by atomic mass is 10.1. The van der Waals surface area contributed by atoms with Gasteiger partial charge in [0.05, 0.1) is 6.61 Å². The van der Waals surface area contributed by atoms with Gasteiger partial charge in [-0.1, -0.05) is 0 Å². The molecule has 0 saturated heterocycles. The van der Waals surface area contributed by atoms with Crippen LogP contribution in [0.2, 0.25) is 0 Å². The number of carbonyl (C=O) groups excluding carboxylic acids is 2. The van der Waals surface area contributed by atoms with E-state index >= 15 is 0 Å². The Morgan fingerprint density at radius 3 is 2.47 bits per heavy atom. The van der Waals surface area contributed by atoms with E-state index in [0.29, 0.717) is 13.0 Å². The van der Waals surface area contributed by atoms with Crippen molar-refractivity contribution in [1.82, 2.24) is 5.32 Å². The lowest BCUT2D eigenvalue weighted by molar-refractivity contribution is -0.107. The first-order valence-electron chi connectivity index (χ1n) is 5.34. The molecule has 0 atom stereocenters. The second-order valence-corrected chi connectivity index (χ2v) is 4.53. The molecule has 15 heavy (non-hydrogen) atoms. The minimum absolute atomic E-state index is 0.255. The zero-order chi connectivity index (χ0) is 11.7. The van der Waals surface area contributed by atoms with Gasteiger partial charge in [0.2, 0.25) is 0 Å². The summed E-state index contributed by atoms with van der Waals surface area (Å²) < 4.78 is 4.96. The maximum absolute atomic E-state index is 11.2. The number of hydrogen-bond acceptors (Lipinski definition) is 3. The minimum Gasteiger partial charge on any atom is -0.450 e. The molecule has 1 amide bonds. The van der Waals surface area contributed by atoms with Gasteiger partial charge in [0.15, 0.2) is 0 Å². The number of hydrogen-bond donors (Lipinski definition) is 1. The van der Waals surface area contributed by atoms with Crippen LogP contribution in [-0.2, 0) is 9.53 Å². The molecule has 0 aliphatic heterocycles. The van der Waals surface area contributed by atoms with Gasteiger partial charge in [0.25, 0.3) is 0 Å². The van der Waals surface area contributed by atoms with Crippen molar-refractivity contribution in [3.8, 4) is 0 Å². The van der Waals surface area contributed by atoms with Crippen LogP contribution in [0.1, 0.15) is 46.5 Å². The third kappa shape index (κ3) is 10.9. The first-order chi connectivity index (χ1) is 6.95. The van der Waals surface area contributed by atoms with Crippen molar-refractivity contribution in [1.29, 1.82) is 0 Å². The van der Waals surface area contributed by atoms with Crippen molar-refractivity contribution in [3.05, 3.63) is 0 Å². The number of ether oxygens (including phenoxy) is 1. The third-order valence-electron chi connectivity index (χ3n) is 1.68. The lowest BCUT2D eigenvalue weighted by Gasteiger charge is -2.19. The van der Waals surface area contributed by atoms with Gasteiger partial charge in [0, 0.05) is 12.0 Å². The Hall–Kier alpha value is -1.06. The van der Waals surface area contributed by atoms with Crippen molar-refractivity contribution in [2.75, 3.05) is 6.61 Å². The second-order valence-electron chi connectivity index (χ2n) is 4.53. The Labute approximate surface area is 91.4 Å². The Balaban J connectivity index is 3.36. The number of nitrogens with one attached hydrogen (secondary N) is 1. The molecule has 88 valence electrons. The topological polar surface area (TPSA) is 55.4 Å². The molecule has 0 rings (SSSR count). The molecule has 0 aliphatic rings. The van der Waals surface area contributed by atoms with E-state index in [1.165, 1.54) is 0 Å². The number of amides is 1. The molecule has 0 unspecified atom stereocenters. The summed E-state index contributed by atoms with van der Waals surface area (Å²) in [5, 5.41) is 2.70. The molecule has 0 aromatic heterocycles. The predicted octanol–water partition coefficient (Wildman–Crippen LogP) is 2.27. The molecule has 0 saturated carbocycles. The highest BCUT2D eigenvalue weighted by Crippen LogP contribution is 2.01. The lowest BCUT2D eigenvalue weighted by Crippen LogP contribution is -2.41. The van der Waals surface area contributed by atoms with E-state index in [9.17, 15) is 9.59 Å². The Bertz CT molecular complexity index is 196. The van der Waals surface area contributed by atoms with Crippen molar-refractivity contribution >= 4 is 12.4 Å². The zero-order valence-corrected chi connectivity index (χ0v) is 9.84. The molecule has 0 fully saturated rings. The van der Waals surface area contributed by atoms with Crippen LogP contribution in [0.25, 0.3) is 0 Å². The number of rotatable bonds is 6. The van der Waals surface area contributed by atoms with E-state index in [1.807, 2.05) is 20.8 Å². The quantitative estimate of drug-likeness (QED) is 0.546. The SMILES string of the molecule is CC(C)(C)NC(=O)OCCCCCC=O. The van der Waals surface area contributed by atoms with Crippen LogP contribution in [0.15, 0.2) is 0 Å². The van der Waals surface area contributed by atoms with Gasteiger partial charge in [-0.25, -0.2) is 4.79 Å². The predicted molar refractivity (Wildman–Crippen MR) is 58.8 cm³/mol. The van der Waals surface area contributed by atoms with Crippen LogP contribution < -0.4 is 5.32 Å². The highest BCUT2D eigenvalue weighted by atomic mass is 16.5. The average Bonchev–Trinajstić information content (AvgIpc) is 2.08. The average molecular weight is 215 g/mol. The van der Waals surface area contributed by atoms with Gasteiger partial charge in [-0.3, -0.25) is 0 Å². The Morgan fingerprint density at radius 2 is 1.93 bits per heavy atom. The van der Waals surface area contributed by atoms with E-state index in [4.69, 9.17) is 4.74 Å². The fraction of sp³-hybridized carbons (Fsp3) is 0.818. The molecule has 0 bridgehead atoms. The molecule has 0 radical (unpaired) electrons. The molecule has 4 heteroatoms. The van der Waals surface area contributed by atoms with Gasteiger partial charge in [-0.15, -0.1) is 0 Å². The molecular formula is C11H21NO3. The first kappa shape index (κ1) is 13.9. The Kier molecular flexibility index (Phi) is 6.75. The summed E-state index contributed by atoms with van der Waals surface area (Å²) in [4.78, 5) is 21.2. The van der Waals surface area contributed by atoms with Crippen LogP contribution in [0.3, 0.4) is 0 Å². The Morgan fingerprint density at radius 1 is 1.27 bits per heavy atom. The van der Waals surface area contributed by atoms with Crippen LogP contribution in [-0.4, -0.2) is 24.5 Å². The largest absolute Gasteiger partial charge is 0.450 e.